The van der Waals surface area contributed by atoms with E-state index in [1.807, 2.05) is 16.8 Å². The zero-order chi connectivity index (χ0) is 23.2. The van der Waals surface area contributed by atoms with Gasteiger partial charge in [-0.2, -0.15) is 5.10 Å². The topological polar surface area (TPSA) is 67.2 Å². The number of nitrogens with one attached hydrogen (secondary N) is 1. The van der Waals surface area contributed by atoms with Gasteiger partial charge in [0.25, 0.3) is 5.91 Å². The lowest BCUT2D eigenvalue weighted by atomic mass is 9.97. The smallest absolute Gasteiger partial charge is 0.254 e. The molecule has 0 saturated carbocycles. The number of hydrogen-bond acceptors (Lipinski definition) is 3. The van der Waals surface area contributed by atoms with E-state index in [1.165, 1.54) is 12.1 Å². The monoisotopic (exact) mass is 456 g/mol. The van der Waals surface area contributed by atoms with Crippen molar-refractivity contribution in [3.05, 3.63) is 52.8 Å². The molecule has 2 heterocycles. The van der Waals surface area contributed by atoms with Crippen molar-refractivity contribution >= 4 is 34.3 Å². The standard InChI is InChI=1S/C24H26ClFN4O2/c1-14(2)13-30-20-12-16(22(31)29-10-9-27-23(32)24(29,3)4)5-7-17(20)21(28-30)15-6-8-18(25)19(26)11-15/h5-8,11-12,14H,9-10,13H2,1-4H3,(H,27,32). The molecule has 0 bridgehead atoms. The molecule has 4 rings (SSSR count). The molecule has 0 unspecified atom stereocenters. The number of rotatable bonds is 4. The highest BCUT2D eigenvalue weighted by atomic mass is 35.5. The molecule has 0 radical (unpaired) electrons. The maximum absolute atomic E-state index is 14.1. The van der Waals surface area contributed by atoms with Crippen molar-refractivity contribution in [3.63, 3.8) is 0 Å². The van der Waals surface area contributed by atoms with E-state index in [0.717, 1.165) is 10.9 Å². The first-order valence-corrected chi connectivity index (χ1v) is 11.0. The fraction of sp³-hybridized carbons (Fsp3) is 0.375. The molecule has 168 valence electrons. The number of piperazine rings is 1. The molecule has 0 spiro atoms. The molecule has 1 saturated heterocycles. The summed E-state index contributed by atoms with van der Waals surface area (Å²) >= 11 is 5.85. The lowest BCUT2D eigenvalue weighted by Crippen LogP contribution is -2.63. The second-order valence-electron chi connectivity index (χ2n) is 9.06. The van der Waals surface area contributed by atoms with Crippen molar-refractivity contribution in [2.75, 3.05) is 13.1 Å². The van der Waals surface area contributed by atoms with Gasteiger partial charge < -0.3 is 10.2 Å². The lowest BCUT2D eigenvalue weighted by molar-refractivity contribution is -0.133. The molecule has 8 heteroatoms. The molecule has 32 heavy (non-hydrogen) atoms. The number of fused-ring (bicyclic) bond motifs is 1. The van der Waals surface area contributed by atoms with Crippen LogP contribution >= 0.6 is 11.6 Å². The van der Waals surface area contributed by atoms with E-state index in [1.54, 1.807) is 30.9 Å². The minimum Gasteiger partial charge on any atom is -0.352 e. The molecule has 1 aliphatic rings. The van der Waals surface area contributed by atoms with E-state index in [0.29, 0.717) is 42.4 Å². The number of hydrogen-bond donors (Lipinski definition) is 1. The number of aromatic nitrogens is 2. The summed E-state index contributed by atoms with van der Waals surface area (Å²) in [6, 6.07) is 10.0. The maximum atomic E-state index is 14.1. The van der Waals surface area contributed by atoms with Crippen molar-refractivity contribution in [1.29, 1.82) is 0 Å². The van der Waals surface area contributed by atoms with Gasteiger partial charge in [0.1, 0.15) is 17.1 Å². The van der Waals surface area contributed by atoms with Crippen LogP contribution in [0.2, 0.25) is 5.02 Å². The predicted molar refractivity (Wildman–Crippen MR) is 123 cm³/mol. The van der Waals surface area contributed by atoms with Crippen molar-refractivity contribution in [2.45, 2.75) is 39.8 Å². The molecule has 6 nitrogen and oxygen atoms in total. The molecule has 1 aliphatic heterocycles. The first kappa shape index (κ1) is 22.3. The normalized spacial score (nSPS) is 16.0. The van der Waals surface area contributed by atoms with Crippen LogP contribution in [0.15, 0.2) is 36.4 Å². The number of halogens is 2. The Bertz CT molecular complexity index is 1220. The van der Waals surface area contributed by atoms with E-state index < -0.39 is 11.4 Å². The van der Waals surface area contributed by atoms with Gasteiger partial charge in [-0.1, -0.05) is 31.5 Å². The number of carbonyl (C=O) groups is 2. The van der Waals surface area contributed by atoms with Crippen LogP contribution in [-0.2, 0) is 11.3 Å². The van der Waals surface area contributed by atoms with Crippen LogP contribution in [0.3, 0.4) is 0 Å². The largest absolute Gasteiger partial charge is 0.352 e. The minimum absolute atomic E-state index is 0.0562. The van der Waals surface area contributed by atoms with Gasteiger partial charge in [0.2, 0.25) is 5.91 Å². The van der Waals surface area contributed by atoms with Crippen LogP contribution in [0.5, 0.6) is 0 Å². The van der Waals surface area contributed by atoms with E-state index >= 15 is 0 Å². The van der Waals surface area contributed by atoms with Gasteiger partial charge in [-0.3, -0.25) is 14.3 Å². The van der Waals surface area contributed by atoms with Gasteiger partial charge in [0, 0.05) is 36.1 Å². The molecule has 1 aromatic heterocycles. The first-order valence-electron chi connectivity index (χ1n) is 10.7. The number of amides is 2. The SMILES string of the molecule is CC(C)Cn1nc(-c2ccc(Cl)c(F)c2)c2ccc(C(=O)N3CCNC(=O)C3(C)C)cc21. The Hall–Kier alpha value is -2.93. The Morgan fingerprint density at radius 3 is 2.69 bits per heavy atom. The molecule has 2 amide bonds. The number of benzene rings is 2. The molecule has 3 aromatic rings. The third-order valence-corrected chi connectivity index (χ3v) is 6.13. The van der Waals surface area contributed by atoms with Crippen molar-refractivity contribution in [1.82, 2.24) is 20.0 Å². The zero-order valence-electron chi connectivity index (χ0n) is 18.6. The summed E-state index contributed by atoms with van der Waals surface area (Å²) in [5, 5.41) is 8.43. The van der Waals surface area contributed by atoms with E-state index in [-0.39, 0.29) is 16.8 Å². The van der Waals surface area contributed by atoms with Gasteiger partial charge in [0.05, 0.1) is 10.5 Å². The maximum Gasteiger partial charge on any atom is 0.254 e. The van der Waals surface area contributed by atoms with Crippen LogP contribution in [-0.4, -0.2) is 45.1 Å². The third kappa shape index (κ3) is 3.86. The average Bonchev–Trinajstić information content (AvgIpc) is 3.08. The van der Waals surface area contributed by atoms with Crippen molar-refractivity contribution in [3.8, 4) is 11.3 Å². The summed E-state index contributed by atoms with van der Waals surface area (Å²) in [7, 11) is 0. The van der Waals surface area contributed by atoms with E-state index in [4.69, 9.17) is 16.7 Å². The fourth-order valence-electron chi connectivity index (χ4n) is 4.06. The summed E-state index contributed by atoms with van der Waals surface area (Å²) in [6.45, 7) is 9.16. The highest BCUT2D eigenvalue weighted by Crippen LogP contribution is 2.32. The van der Waals surface area contributed by atoms with Gasteiger partial charge in [-0.25, -0.2) is 4.39 Å². The minimum atomic E-state index is -0.936. The molecule has 1 N–H and O–H groups in total. The Balaban J connectivity index is 1.81. The van der Waals surface area contributed by atoms with E-state index in [2.05, 4.69) is 19.2 Å². The number of carbonyl (C=O) groups excluding carboxylic acids is 2. The second-order valence-corrected chi connectivity index (χ2v) is 9.46. The quantitative estimate of drug-likeness (QED) is 0.628. The van der Waals surface area contributed by atoms with Gasteiger partial charge in [-0.15, -0.1) is 0 Å². The van der Waals surface area contributed by atoms with Crippen LogP contribution in [0.1, 0.15) is 38.1 Å². The average molecular weight is 457 g/mol. The molecule has 1 fully saturated rings. The molecule has 2 aromatic carbocycles. The van der Waals surface area contributed by atoms with Crippen LogP contribution in [0.4, 0.5) is 4.39 Å². The Kier molecular flexibility index (Phi) is 5.71. The van der Waals surface area contributed by atoms with Crippen molar-refractivity contribution < 1.29 is 14.0 Å². The Labute approximate surface area is 191 Å². The van der Waals surface area contributed by atoms with Crippen LogP contribution < -0.4 is 5.32 Å². The predicted octanol–water partition coefficient (Wildman–Crippen LogP) is 4.50. The second kappa shape index (κ2) is 8.20. The summed E-state index contributed by atoms with van der Waals surface area (Å²) in [6.07, 6.45) is 0. The van der Waals surface area contributed by atoms with Gasteiger partial charge >= 0.3 is 0 Å². The highest BCUT2D eigenvalue weighted by molar-refractivity contribution is 6.30. The molecule has 0 aliphatic carbocycles. The lowest BCUT2D eigenvalue weighted by Gasteiger charge is -2.41. The fourth-order valence-corrected chi connectivity index (χ4v) is 4.18. The van der Waals surface area contributed by atoms with Crippen LogP contribution in [0, 0.1) is 11.7 Å². The summed E-state index contributed by atoms with van der Waals surface area (Å²) < 4.78 is 16.0. The van der Waals surface area contributed by atoms with Crippen LogP contribution in [0.25, 0.3) is 22.2 Å². The first-order chi connectivity index (χ1) is 15.1. The zero-order valence-corrected chi connectivity index (χ0v) is 19.3. The van der Waals surface area contributed by atoms with Gasteiger partial charge in [0.15, 0.2) is 0 Å². The molecule has 0 atom stereocenters. The molecular weight excluding hydrogens is 431 g/mol. The number of nitrogens with zero attached hydrogens (tertiary/aromatic N) is 3. The third-order valence-electron chi connectivity index (χ3n) is 5.83. The summed E-state index contributed by atoms with van der Waals surface area (Å²) in [4.78, 5) is 27.3. The Morgan fingerprint density at radius 2 is 2.00 bits per heavy atom. The highest BCUT2D eigenvalue weighted by Gasteiger charge is 2.40. The van der Waals surface area contributed by atoms with Crippen molar-refractivity contribution in [2.24, 2.45) is 5.92 Å². The summed E-state index contributed by atoms with van der Waals surface area (Å²) in [5.74, 6) is -0.566. The van der Waals surface area contributed by atoms with Gasteiger partial charge in [-0.05, 0) is 50.1 Å². The Morgan fingerprint density at radius 1 is 1.25 bits per heavy atom. The molecular formula is C24H26ClFN4O2. The summed E-state index contributed by atoms with van der Waals surface area (Å²) in [5.41, 5.74) is 1.59. The van der Waals surface area contributed by atoms with E-state index in [9.17, 15) is 14.0 Å².